The molecule has 4 aromatic rings. The van der Waals surface area contributed by atoms with E-state index in [0.717, 1.165) is 46.4 Å². The number of fused-ring (bicyclic) bond motifs is 3. The fraction of sp³-hybridized carbons (Fsp3) is 0.488. The average molecular weight is 830 g/mol. The van der Waals surface area contributed by atoms with E-state index in [9.17, 15) is 9.90 Å². The third-order valence-corrected chi connectivity index (χ3v) is 11.8. The standard InChI is InChI=1S/C28H33N2Si.C13H24O2.Ir/c1-16(2)28-29-25(22-13-17(3)12-18(4)14-22)23-11-10-21-15-19(5)27(31(7,8)9)20(6)24(21)26(23)30-28;1-7-12(3,4)10(14)9-11(15)13(5,6)8-2;/h10-13,15-16H,1-9H3;9,14H,7-8H2,1-6H3;/q-1;;/b;10-9-;. The Labute approximate surface area is 299 Å². The van der Waals surface area contributed by atoms with Crippen molar-refractivity contribution in [1.29, 1.82) is 0 Å². The molecule has 1 aromatic heterocycles. The maximum Gasteiger partial charge on any atom is 0.164 e. The number of benzene rings is 3. The van der Waals surface area contributed by atoms with Gasteiger partial charge in [0.1, 0.15) is 11.6 Å². The minimum atomic E-state index is -1.50. The predicted octanol–water partition coefficient (Wildman–Crippen LogP) is 11.0. The van der Waals surface area contributed by atoms with Gasteiger partial charge in [0.15, 0.2) is 5.78 Å². The van der Waals surface area contributed by atoms with Gasteiger partial charge in [-0.1, -0.05) is 118 Å². The molecule has 0 fully saturated rings. The molecular weight excluding hydrogens is 773 g/mol. The van der Waals surface area contributed by atoms with E-state index in [1.807, 2.05) is 41.5 Å². The van der Waals surface area contributed by atoms with Gasteiger partial charge in [-0.15, -0.1) is 34.9 Å². The van der Waals surface area contributed by atoms with Crippen LogP contribution in [-0.2, 0) is 24.9 Å². The molecule has 0 spiro atoms. The van der Waals surface area contributed by atoms with Gasteiger partial charge in [0.2, 0.25) is 0 Å². The van der Waals surface area contributed by atoms with Crippen molar-refractivity contribution in [1.82, 2.24) is 9.97 Å². The van der Waals surface area contributed by atoms with Crippen molar-refractivity contribution in [2.75, 3.05) is 0 Å². The van der Waals surface area contributed by atoms with Crippen LogP contribution in [0.25, 0.3) is 32.9 Å². The smallest absolute Gasteiger partial charge is 0.164 e. The molecule has 1 heterocycles. The number of hydrogen-bond acceptors (Lipinski definition) is 4. The SMILES string of the molecule is CCC(C)(C)C(=O)/C=C(\O)C(C)(C)CC.Cc1[c-]c(-c2nc(C(C)C)nc3c2ccc2cc(C)c([Si](C)(C)C)c(C)c23)cc(C)c1.[Ir]. The van der Waals surface area contributed by atoms with Crippen LogP contribution in [-0.4, -0.2) is 28.9 Å². The van der Waals surface area contributed by atoms with Gasteiger partial charge in [-0.3, -0.25) is 9.78 Å². The summed E-state index contributed by atoms with van der Waals surface area (Å²) in [5.41, 5.74) is 7.62. The molecule has 4 rings (SSSR count). The number of aliphatic hydroxyl groups is 1. The van der Waals surface area contributed by atoms with Crippen molar-refractivity contribution in [3.63, 3.8) is 0 Å². The van der Waals surface area contributed by atoms with E-state index >= 15 is 0 Å². The number of allylic oxidation sites excluding steroid dienone is 2. The van der Waals surface area contributed by atoms with Crippen LogP contribution in [0.5, 0.6) is 0 Å². The number of aliphatic hydroxyl groups excluding tert-OH is 1. The number of carbonyl (C=O) groups is 1. The molecule has 0 amide bonds. The third kappa shape index (κ3) is 9.07. The van der Waals surface area contributed by atoms with Gasteiger partial charge in [-0.25, -0.2) is 4.98 Å². The molecule has 3 aromatic carbocycles. The van der Waals surface area contributed by atoms with Gasteiger partial charge in [-0.2, -0.15) is 0 Å². The van der Waals surface area contributed by atoms with E-state index < -0.39 is 8.07 Å². The number of hydrogen-bond donors (Lipinski definition) is 1. The van der Waals surface area contributed by atoms with Crippen LogP contribution in [0.4, 0.5) is 0 Å². The van der Waals surface area contributed by atoms with Gasteiger partial charge in [0.25, 0.3) is 0 Å². The van der Waals surface area contributed by atoms with Crippen molar-refractivity contribution < 1.29 is 30.0 Å². The minimum absolute atomic E-state index is 0. The molecule has 0 aliphatic rings. The Balaban J connectivity index is 0.000000410. The zero-order valence-corrected chi connectivity index (χ0v) is 34.9. The molecule has 0 saturated carbocycles. The molecule has 6 heteroatoms. The van der Waals surface area contributed by atoms with E-state index in [-0.39, 0.29) is 48.4 Å². The normalized spacial score (nSPS) is 12.6. The number of nitrogens with zero attached hydrogens (tertiary/aromatic N) is 2. The zero-order chi connectivity index (χ0) is 34.9. The van der Waals surface area contributed by atoms with E-state index in [1.54, 1.807) is 5.19 Å². The maximum atomic E-state index is 11.8. The van der Waals surface area contributed by atoms with E-state index in [4.69, 9.17) is 9.97 Å². The van der Waals surface area contributed by atoms with Crippen LogP contribution >= 0.6 is 0 Å². The zero-order valence-electron chi connectivity index (χ0n) is 31.5. The molecule has 1 N–H and O–H groups in total. The van der Waals surface area contributed by atoms with Crippen molar-refractivity contribution in [2.24, 2.45) is 10.8 Å². The Kier molecular flexibility index (Phi) is 13.2. The number of carbonyl (C=O) groups excluding carboxylic acids is 1. The van der Waals surface area contributed by atoms with Gasteiger partial charge < -0.3 is 5.11 Å². The topological polar surface area (TPSA) is 63.1 Å². The molecule has 0 atom stereocenters. The van der Waals surface area contributed by atoms with Crippen LogP contribution in [0.1, 0.15) is 102 Å². The summed E-state index contributed by atoms with van der Waals surface area (Å²) in [4.78, 5) is 22.0. The summed E-state index contributed by atoms with van der Waals surface area (Å²) in [7, 11) is -1.50. The Morgan fingerprint density at radius 3 is 2.04 bits per heavy atom. The Morgan fingerprint density at radius 1 is 0.936 bits per heavy atom. The second kappa shape index (κ2) is 15.3. The van der Waals surface area contributed by atoms with Crippen LogP contribution in [0.15, 0.2) is 42.2 Å². The molecule has 0 saturated heterocycles. The second-order valence-electron chi connectivity index (χ2n) is 15.7. The number of ketones is 1. The van der Waals surface area contributed by atoms with Crippen molar-refractivity contribution in [2.45, 2.75) is 121 Å². The third-order valence-electron chi connectivity index (χ3n) is 9.50. The largest absolute Gasteiger partial charge is 0.512 e. The molecule has 1 radical (unpaired) electrons. The van der Waals surface area contributed by atoms with E-state index in [2.05, 4.69) is 97.6 Å². The van der Waals surface area contributed by atoms with Crippen LogP contribution in [0, 0.1) is 44.6 Å². The van der Waals surface area contributed by atoms with Crippen LogP contribution in [0.3, 0.4) is 0 Å². The molecule has 0 unspecified atom stereocenters. The summed E-state index contributed by atoms with van der Waals surface area (Å²) >= 11 is 0. The van der Waals surface area contributed by atoms with E-state index in [0.29, 0.717) is 0 Å². The first-order valence-corrected chi connectivity index (χ1v) is 20.4. The molecule has 0 aliphatic heterocycles. The van der Waals surface area contributed by atoms with Gasteiger partial charge >= 0.3 is 0 Å². The summed E-state index contributed by atoms with van der Waals surface area (Å²) in [6, 6.07) is 14.7. The number of rotatable bonds is 8. The Bertz CT molecular complexity index is 1780. The fourth-order valence-electron chi connectivity index (χ4n) is 5.98. The quantitative estimate of drug-likeness (QED) is 0.0632. The Morgan fingerprint density at radius 2 is 1.53 bits per heavy atom. The number of aryl methyl sites for hydroxylation is 4. The molecule has 257 valence electrons. The van der Waals surface area contributed by atoms with Crippen molar-refractivity contribution in [3.8, 4) is 11.3 Å². The average Bonchev–Trinajstić information content (AvgIpc) is 2.94. The van der Waals surface area contributed by atoms with Gasteiger partial charge in [0.05, 0.1) is 13.6 Å². The van der Waals surface area contributed by atoms with Crippen LogP contribution < -0.4 is 5.19 Å². The van der Waals surface area contributed by atoms with Gasteiger partial charge in [0, 0.05) is 48.3 Å². The summed E-state index contributed by atoms with van der Waals surface area (Å²) in [5, 5.41) is 15.1. The fourth-order valence-corrected chi connectivity index (χ4v) is 8.48. The first kappa shape index (κ1) is 40.5. The molecule has 4 nitrogen and oxygen atoms in total. The summed E-state index contributed by atoms with van der Waals surface area (Å²) in [6.07, 6.45) is 2.99. The molecule has 0 aliphatic carbocycles. The predicted molar refractivity (Wildman–Crippen MR) is 201 cm³/mol. The first-order valence-electron chi connectivity index (χ1n) is 16.9. The van der Waals surface area contributed by atoms with Crippen molar-refractivity contribution in [3.05, 3.63) is 76.3 Å². The summed E-state index contributed by atoms with van der Waals surface area (Å²) < 4.78 is 0. The van der Waals surface area contributed by atoms with Gasteiger partial charge in [-0.05, 0) is 48.7 Å². The first-order chi connectivity index (χ1) is 21.1. The maximum absolute atomic E-state index is 11.8. The summed E-state index contributed by atoms with van der Waals surface area (Å²) in [6.45, 7) is 32.1. The van der Waals surface area contributed by atoms with Crippen molar-refractivity contribution >= 4 is 40.7 Å². The monoisotopic (exact) mass is 830 g/mol. The Hall–Kier alpha value is -2.66. The minimum Gasteiger partial charge on any atom is -0.512 e. The molecule has 0 bridgehead atoms. The molecule has 47 heavy (non-hydrogen) atoms. The number of aromatic nitrogens is 2. The van der Waals surface area contributed by atoms with Crippen LogP contribution in [0.2, 0.25) is 19.6 Å². The van der Waals surface area contributed by atoms with E-state index in [1.165, 1.54) is 33.5 Å². The summed E-state index contributed by atoms with van der Waals surface area (Å²) in [5.74, 6) is 1.35. The molecular formula is C41H57IrN2O2Si-. The second-order valence-corrected chi connectivity index (χ2v) is 20.7.